The van der Waals surface area contributed by atoms with Crippen LogP contribution in [0.2, 0.25) is 4.34 Å². The van der Waals surface area contributed by atoms with Gasteiger partial charge < -0.3 is 10.1 Å². The highest BCUT2D eigenvalue weighted by Gasteiger charge is 2.37. The second-order valence-electron chi connectivity index (χ2n) is 7.33. The molecule has 1 amide bonds. The Labute approximate surface area is 207 Å². The minimum Gasteiger partial charge on any atom is -0.406 e. The van der Waals surface area contributed by atoms with E-state index in [0.29, 0.717) is 21.2 Å². The van der Waals surface area contributed by atoms with E-state index in [9.17, 15) is 26.4 Å². The standard InChI is InChI=1S/C22H17ClF3N3O4S2/c23-19-7-8-20(34-19)35(31,32)29-11-1-2-18(29)21(30)28-13-16-12-15(9-10-27-16)14-3-5-17(6-4-14)33-22(24,25)26/h1-10,12,18H,11,13H2,(H,28,30)/t18-/m0/s1. The van der Waals surface area contributed by atoms with Crippen molar-refractivity contribution in [2.45, 2.75) is 23.2 Å². The van der Waals surface area contributed by atoms with Gasteiger partial charge in [0.15, 0.2) is 0 Å². The summed E-state index contributed by atoms with van der Waals surface area (Å²) in [5.41, 5.74) is 1.77. The number of carbonyl (C=O) groups is 1. The van der Waals surface area contributed by atoms with Crippen molar-refractivity contribution in [2.75, 3.05) is 6.54 Å². The number of thiophene rings is 1. The van der Waals surface area contributed by atoms with Crippen molar-refractivity contribution >= 4 is 38.9 Å². The lowest BCUT2D eigenvalue weighted by atomic mass is 10.1. The van der Waals surface area contributed by atoms with Gasteiger partial charge in [-0.2, -0.15) is 4.31 Å². The van der Waals surface area contributed by atoms with Gasteiger partial charge in [0, 0.05) is 12.7 Å². The topological polar surface area (TPSA) is 88.6 Å². The zero-order chi connectivity index (χ0) is 25.2. The Morgan fingerprint density at radius 2 is 1.91 bits per heavy atom. The predicted molar refractivity (Wildman–Crippen MR) is 124 cm³/mol. The molecule has 1 aliphatic rings. The van der Waals surface area contributed by atoms with Gasteiger partial charge in [-0.05, 0) is 47.5 Å². The molecule has 7 nitrogen and oxygen atoms in total. The maximum atomic E-state index is 12.9. The number of aromatic nitrogens is 1. The molecule has 3 heterocycles. The summed E-state index contributed by atoms with van der Waals surface area (Å²) in [6.07, 6.45) is -0.161. The minimum atomic E-state index is -4.77. The predicted octanol–water partition coefficient (Wildman–Crippen LogP) is 4.61. The van der Waals surface area contributed by atoms with Crippen LogP contribution in [0.3, 0.4) is 0 Å². The monoisotopic (exact) mass is 543 g/mol. The number of halogens is 4. The Kier molecular flexibility index (Phi) is 7.17. The molecule has 0 radical (unpaired) electrons. The number of nitrogens with zero attached hydrogens (tertiary/aromatic N) is 2. The zero-order valence-corrected chi connectivity index (χ0v) is 20.1. The zero-order valence-electron chi connectivity index (χ0n) is 17.7. The average molecular weight is 544 g/mol. The highest BCUT2D eigenvalue weighted by molar-refractivity contribution is 7.91. The number of benzene rings is 1. The molecular formula is C22H17ClF3N3O4S2. The molecule has 4 rings (SSSR count). The molecular weight excluding hydrogens is 527 g/mol. The first-order chi connectivity index (χ1) is 16.5. The largest absolute Gasteiger partial charge is 0.573 e. The highest BCUT2D eigenvalue weighted by atomic mass is 35.5. The van der Waals surface area contributed by atoms with Crippen LogP contribution in [0.4, 0.5) is 13.2 Å². The Morgan fingerprint density at radius 3 is 2.57 bits per heavy atom. The number of sulfonamides is 1. The van der Waals surface area contributed by atoms with Crippen LogP contribution in [-0.4, -0.2) is 42.6 Å². The van der Waals surface area contributed by atoms with Crippen molar-refractivity contribution in [2.24, 2.45) is 0 Å². The molecule has 2 aromatic heterocycles. The van der Waals surface area contributed by atoms with Gasteiger partial charge in [-0.3, -0.25) is 9.78 Å². The Morgan fingerprint density at radius 1 is 1.17 bits per heavy atom. The van der Waals surface area contributed by atoms with E-state index in [4.69, 9.17) is 11.6 Å². The first kappa shape index (κ1) is 25.2. The molecule has 0 fully saturated rings. The summed E-state index contributed by atoms with van der Waals surface area (Å²) in [5, 5.41) is 2.69. The van der Waals surface area contributed by atoms with Gasteiger partial charge in [0.05, 0.1) is 16.6 Å². The summed E-state index contributed by atoms with van der Waals surface area (Å²) in [4.78, 5) is 17.0. The molecule has 13 heteroatoms. The van der Waals surface area contributed by atoms with Crippen molar-refractivity contribution in [3.63, 3.8) is 0 Å². The molecule has 1 aliphatic heterocycles. The van der Waals surface area contributed by atoms with Gasteiger partial charge in [-0.1, -0.05) is 35.9 Å². The summed E-state index contributed by atoms with van der Waals surface area (Å²) >= 11 is 6.77. The molecule has 0 spiro atoms. The van der Waals surface area contributed by atoms with Crippen LogP contribution in [0.1, 0.15) is 5.69 Å². The van der Waals surface area contributed by atoms with Gasteiger partial charge >= 0.3 is 6.36 Å². The first-order valence-corrected chi connectivity index (χ1v) is 12.7. The summed E-state index contributed by atoms with van der Waals surface area (Å²) in [6.45, 7) is 0.0721. The number of carbonyl (C=O) groups excluding carboxylic acids is 1. The van der Waals surface area contributed by atoms with Crippen molar-refractivity contribution in [1.82, 2.24) is 14.6 Å². The van der Waals surface area contributed by atoms with Crippen molar-refractivity contribution < 1.29 is 31.1 Å². The second-order valence-corrected chi connectivity index (χ2v) is 11.2. The van der Waals surface area contributed by atoms with E-state index in [1.807, 2.05) is 0 Å². The molecule has 184 valence electrons. The number of nitrogens with one attached hydrogen (secondary N) is 1. The van der Waals surface area contributed by atoms with E-state index < -0.39 is 28.3 Å². The number of hydrogen-bond donors (Lipinski definition) is 1. The SMILES string of the molecule is O=C(NCc1cc(-c2ccc(OC(F)(F)F)cc2)ccn1)[C@@H]1C=CCN1S(=O)(=O)c1ccc(Cl)s1. The van der Waals surface area contributed by atoms with Gasteiger partial charge in [-0.25, -0.2) is 8.42 Å². The minimum absolute atomic E-state index is 0.0188. The molecule has 1 N–H and O–H groups in total. The van der Waals surface area contributed by atoms with E-state index in [1.54, 1.807) is 18.2 Å². The maximum absolute atomic E-state index is 12.9. The third-order valence-corrected chi connectivity index (χ3v) is 8.52. The van der Waals surface area contributed by atoms with E-state index in [0.717, 1.165) is 15.6 Å². The fourth-order valence-corrected chi connectivity index (χ4v) is 6.52. The van der Waals surface area contributed by atoms with Crippen molar-refractivity contribution in [3.05, 3.63) is 76.9 Å². The molecule has 0 saturated carbocycles. The number of alkyl halides is 3. The van der Waals surface area contributed by atoms with Crippen LogP contribution in [0.5, 0.6) is 5.75 Å². The quantitative estimate of drug-likeness (QED) is 0.440. The summed E-state index contributed by atoms with van der Waals surface area (Å²) in [5.74, 6) is -0.859. The normalized spacial score (nSPS) is 16.4. The average Bonchev–Trinajstić information content (AvgIpc) is 3.47. The lowest BCUT2D eigenvalue weighted by Gasteiger charge is -2.22. The number of pyridine rings is 1. The molecule has 1 aromatic carbocycles. The first-order valence-electron chi connectivity index (χ1n) is 10.1. The van der Waals surface area contributed by atoms with Crippen molar-refractivity contribution in [3.8, 4) is 16.9 Å². The van der Waals surface area contributed by atoms with E-state index in [-0.39, 0.29) is 23.0 Å². The summed E-state index contributed by atoms with van der Waals surface area (Å²) in [6, 6.07) is 10.5. The van der Waals surface area contributed by atoms with Gasteiger partial charge in [0.25, 0.3) is 10.0 Å². The van der Waals surface area contributed by atoms with Crippen LogP contribution in [0, 0.1) is 0 Å². The molecule has 0 saturated heterocycles. The van der Waals surface area contributed by atoms with Crippen LogP contribution in [-0.2, 0) is 21.4 Å². The Hall–Kier alpha value is -2.93. The number of rotatable bonds is 7. The summed E-state index contributed by atoms with van der Waals surface area (Å²) < 4.78 is 68.2. The molecule has 1 atom stereocenters. The van der Waals surface area contributed by atoms with Crippen LogP contribution in [0.15, 0.2) is 71.1 Å². The fourth-order valence-electron chi connectivity index (χ4n) is 3.41. The van der Waals surface area contributed by atoms with E-state index >= 15 is 0 Å². The van der Waals surface area contributed by atoms with Gasteiger partial charge in [-0.15, -0.1) is 24.5 Å². The second kappa shape index (κ2) is 9.97. The summed E-state index contributed by atoms with van der Waals surface area (Å²) in [7, 11) is -3.91. The van der Waals surface area contributed by atoms with Gasteiger partial charge in [0.1, 0.15) is 16.0 Å². The molecule has 3 aromatic rings. The number of amides is 1. The molecule has 0 unspecified atom stereocenters. The Balaban J connectivity index is 1.42. The molecule has 35 heavy (non-hydrogen) atoms. The maximum Gasteiger partial charge on any atom is 0.573 e. The van der Waals surface area contributed by atoms with Crippen molar-refractivity contribution in [1.29, 1.82) is 0 Å². The smallest absolute Gasteiger partial charge is 0.406 e. The van der Waals surface area contributed by atoms with Crippen LogP contribution >= 0.6 is 22.9 Å². The van der Waals surface area contributed by atoms with E-state index in [2.05, 4.69) is 15.0 Å². The highest BCUT2D eigenvalue weighted by Crippen LogP contribution is 2.31. The number of ether oxygens (including phenoxy) is 1. The van der Waals surface area contributed by atoms with Gasteiger partial charge in [0.2, 0.25) is 5.91 Å². The lowest BCUT2D eigenvalue weighted by Crippen LogP contribution is -2.45. The molecule has 0 aliphatic carbocycles. The van der Waals surface area contributed by atoms with Crippen LogP contribution < -0.4 is 10.1 Å². The number of hydrogen-bond acceptors (Lipinski definition) is 6. The molecule has 0 bridgehead atoms. The third kappa shape index (κ3) is 6.01. The fraction of sp³-hybridized carbons (Fsp3) is 0.182. The van der Waals surface area contributed by atoms with Crippen LogP contribution in [0.25, 0.3) is 11.1 Å². The van der Waals surface area contributed by atoms with E-state index in [1.165, 1.54) is 48.7 Å². The lowest BCUT2D eigenvalue weighted by molar-refractivity contribution is -0.274. The third-order valence-electron chi connectivity index (χ3n) is 4.98. The Bertz CT molecular complexity index is 1360.